The molecule has 0 spiro atoms. The number of nitrogens with zero attached hydrogens (tertiary/aromatic N) is 1. The molecule has 10 heteroatoms. The number of carboxylic acid groups (broad SMARTS) is 1. The number of likely N-dealkylation sites (tertiary alicyclic amines) is 1. The van der Waals surface area contributed by atoms with Crippen molar-refractivity contribution in [2.45, 2.75) is 25.1 Å². The summed E-state index contributed by atoms with van der Waals surface area (Å²) in [6, 6.07) is 3.01. The van der Waals surface area contributed by atoms with Gasteiger partial charge in [0.15, 0.2) is 0 Å². The zero-order valence-electron chi connectivity index (χ0n) is 14.0. The molecule has 0 aromatic heterocycles. The minimum absolute atomic E-state index is 0.0391. The van der Waals surface area contributed by atoms with Gasteiger partial charge >= 0.3 is 126 Å². The van der Waals surface area contributed by atoms with E-state index in [-0.39, 0.29) is 36.1 Å². The summed E-state index contributed by atoms with van der Waals surface area (Å²) < 4.78 is 21.4. The third kappa shape index (κ3) is 3.70. The van der Waals surface area contributed by atoms with E-state index in [1.54, 1.807) is 11.0 Å². The van der Waals surface area contributed by atoms with Crippen molar-refractivity contribution >= 4 is 19.0 Å². The van der Waals surface area contributed by atoms with E-state index in [9.17, 15) is 24.5 Å². The van der Waals surface area contributed by atoms with Crippen LogP contribution in [0.4, 0.5) is 0 Å². The predicted molar refractivity (Wildman–Crippen MR) is 88.8 cm³/mol. The first-order valence-electron chi connectivity index (χ1n) is 8.33. The van der Waals surface area contributed by atoms with E-state index < -0.39 is 17.9 Å². The maximum absolute atomic E-state index is 12.1. The molecule has 138 valence electrons. The summed E-state index contributed by atoms with van der Waals surface area (Å²) in [5.74, 6) is -1.85. The molecule has 9 nitrogen and oxygen atoms in total. The molecule has 0 aliphatic carbocycles. The first kappa shape index (κ1) is 18.3. The number of hydrogen-bond donors (Lipinski definition) is 3. The molecule has 2 aliphatic heterocycles. The van der Waals surface area contributed by atoms with Crippen LogP contribution in [0.1, 0.15) is 15.9 Å². The van der Waals surface area contributed by atoms with Crippen molar-refractivity contribution in [3.8, 4) is 11.5 Å². The molecule has 1 aromatic rings. The van der Waals surface area contributed by atoms with Gasteiger partial charge in [0.05, 0.1) is 6.61 Å². The Bertz CT molecular complexity index is 715. The van der Waals surface area contributed by atoms with Crippen molar-refractivity contribution in [3.05, 3.63) is 23.3 Å². The monoisotopic (exact) mass is 362 g/mol. The Hall–Kier alpha value is -2.46. The number of hydrogen-bond acceptors (Lipinski definition) is 7. The molecule has 3 N–H and O–H groups in total. The van der Waals surface area contributed by atoms with Crippen molar-refractivity contribution < 1.29 is 34.0 Å². The molecule has 2 aliphatic rings. The summed E-state index contributed by atoms with van der Waals surface area (Å²) in [7, 11) is 0.702. The molecule has 2 saturated heterocycles. The molecule has 1 amide bonds. The van der Waals surface area contributed by atoms with Crippen molar-refractivity contribution in [2.24, 2.45) is 0 Å². The molecule has 1 aromatic carbocycles. The fourth-order valence-electron chi connectivity index (χ4n) is 2.96. The molecule has 3 rings (SSSR count). The van der Waals surface area contributed by atoms with Crippen molar-refractivity contribution in [3.63, 3.8) is 0 Å². The average Bonchev–Trinajstić information content (AvgIpc) is 3.10. The number of carbonyl (C=O) groups excluding carboxylic acids is 1. The number of aromatic carboxylic acids is 1. The summed E-state index contributed by atoms with van der Waals surface area (Å²) in [6.45, 7) is 1.74. The number of amides is 1. The van der Waals surface area contributed by atoms with Crippen LogP contribution in [0.15, 0.2) is 12.1 Å². The minimum atomic E-state index is -1.32. The van der Waals surface area contributed by atoms with Gasteiger partial charge in [0.2, 0.25) is 0 Å². The van der Waals surface area contributed by atoms with Crippen molar-refractivity contribution in [1.82, 2.24) is 10.2 Å². The second kappa shape index (κ2) is 7.84. The van der Waals surface area contributed by atoms with Crippen LogP contribution in [0.3, 0.4) is 0 Å². The van der Waals surface area contributed by atoms with Gasteiger partial charge in [-0.05, 0) is 0 Å². The Morgan fingerprint density at radius 1 is 1.38 bits per heavy atom. The van der Waals surface area contributed by atoms with Gasteiger partial charge in [-0.1, -0.05) is 0 Å². The first-order valence-corrected chi connectivity index (χ1v) is 8.33. The number of carbonyl (C=O) groups is 2. The van der Waals surface area contributed by atoms with Gasteiger partial charge in [-0.25, -0.2) is 0 Å². The number of ether oxygens (including phenoxy) is 2. The van der Waals surface area contributed by atoms with Gasteiger partial charge in [0.1, 0.15) is 0 Å². The van der Waals surface area contributed by atoms with Gasteiger partial charge in [-0.15, -0.1) is 0 Å². The Morgan fingerprint density at radius 3 is 2.77 bits per heavy atom. The van der Waals surface area contributed by atoms with Crippen LogP contribution in [-0.4, -0.2) is 72.7 Å². The Kier molecular flexibility index (Phi) is 5.53. The standard InChI is InChI=1S/C16H19BN2O7/c20-13-9(3-4-17-24)1-2-11(12(13)16(22)23)26-10-7-19(8-10)15(21)14-18-5-6-25-14/h1-2,10,14,18,20H,3-8H2,(H,22,23)/t14-/m0/s1. The van der Waals surface area contributed by atoms with Crippen LogP contribution >= 0.6 is 0 Å². The third-order valence-corrected chi connectivity index (χ3v) is 4.36. The van der Waals surface area contributed by atoms with E-state index in [2.05, 4.69) is 5.32 Å². The van der Waals surface area contributed by atoms with Crippen LogP contribution in [0.2, 0.25) is 6.32 Å². The molecule has 26 heavy (non-hydrogen) atoms. The van der Waals surface area contributed by atoms with Crippen LogP contribution in [0.25, 0.3) is 0 Å². The Labute approximate surface area is 150 Å². The van der Waals surface area contributed by atoms with Crippen LogP contribution in [0, 0.1) is 0 Å². The molecular weight excluding hydrogens is 343 g/mol. The Balaban J connectivity index is 1.65. The first-order chi connectivity index (χ1) is 12.5. The number of carboxylic acids is 1. The zero-order chi connectivity index (χ0) is 18.7. The molecule has 0 saturated carbocycles. The predicted octanol–water partition coefficient (Wildman–Crippen LogP) is -0.364. The average molecular weight is 362 g/mol. The quantitative estimate of drug-likeness (QED) is 0.562. The van der Waals surface area contributed by atoms with Gasteiger partial charge in [-0.3, -0.25) is 5.32 Å². The van der Waals surface area contributed by atoms with E-state index in [4.69, 9.17) is 9.47 Å². The fraction of sp³-hybridized carbons (Fsp3) is 0.500. The van der Waals surface area contributed by atoms with Crippen molar-refractivity contribution in [1.29, 1.82) is 0 Å². The fourth-order valence-corrected chi connectivity index (χ4v) is 2.96. The van der Waals surface area contributed by atoms with E-state index in [1.807, 2.05) is 0 Å². The van der Waals surface area contributed by atoms with E-state index in [1.165, 1.54) is 6.07 Å². The van der Waals surface area contributed by atoms with Crippen LogP contribution in [0.5, 0.6) is 11.5 Å². The zero-order valence-corrected chi connectivity index (χ0v) is 14.0. The SMILES string of the molecule is O=BCCc1ccc(OC2CN(C(=O)[C@H]3NCCO3)C2)c(C(=O)O)c1O. The number of rotatable bonds is 7. The summed E-state index contributed by atoms with van der Waals surface area (Å²) in [5.41, 5.74) is 0.0377. The van der Waals surface area contributed by atoms with Gasteiger partial charge in [-0.2, -0.15) is 0 Å². The van der Waals surface area contributed by atoms with Gasteiger partial charge in [0, 0.05) is 6.54 Å². The van der Waals surface area contributed by atoms with E-state index in [0.29, 0.717) is 39.0 Å². The van der Waals surface area contributed by atoms with E-state index in [0.717, 1.165) is 0 Å². The number of phenols is 1. The second-order valence-corrected chi connectivity index (χ2v) is 6.14. The number of aryl methyl sites for hydroxylation is 1. The molecule has 2 heterocycles. The molecule has 1 atom stereocenters. The number of nitrogens with one attached hydrogen (secondary N) is 1. The van der Waals surface area contributed by atoms with Crippen molar-refractivity contribution in [2.75, 3.05) is 26.2 Å². The van der Waals surface area contributed by atoms with E-state index >= 15 is 0 Å². The number of benzene rings is 1. The van der Waals surface area contributed by atoms with Gasteiger partial charge in [0.25, 0.3) is 0 Å². The summed E-state index contributed by atoms with van der Waals surface area (Å²) >= 11 is 0. The van der Waals surface area contributed by atoms with Crippen LogP contribution in [-0.2, 0) is 20.7 Å². The molecule has 0 unspecified atom stereocenters. The summed E-state index contributed by atoms with van der Waals surface area (Å²) in [6.07, 6.45) is -0.565. The van der Waals surface area contributed by atoms with Gasteiger partial charge < -0.3 is 4.74 Å². The Morgan fingerprint density at radius 2 is 2.15 bits per heavy atom. The third-order valence-electron chi connectivity index (χ3n) is 4.36. The summed E-state index contributed by atoms with van der Waals surface area (Å²) in [4.78, 5) is 25.2. The molecule has 0 bridgehead atoms. The molecule has 0 radical (unpaired) electrons. The normalized spacial score (nSPS) is 19.7. The summed E-state index contributed by atoms with van der Waals surface area (Å²) in [5, 5.41) is 22.5. The number of aromatic hydroxyl groups is 1. The van der Waals surface area contributed by atoms with Crippen LogP contribution < -0.4 is 10.1 Å². The topological polar surface area (TPSA) is 125 Å². The second-order valence-electron chi connectivity index (χ2n) is 6.14. The molecule has 2 fully saturated rings. The maximum atomic E-state index is 12.1. The molecular formula is C16H19BN2O7.